The summed E-state index contributed by atoms with van der Waals surface area (Å²) in [6.07, 6.45) is 7.11. The standard InChI is InChI=1S/C19H16N3O3S/c1-13-9-11-14(12-10-13)26(24,25)21-17-7-4-6-16-19(17)22(23)18-8-3-2-5-15(18)20-16/h2-12,18,21H,1H3/q-1. The third kappa shape index (κ3) is 2.81. The molecular formula is C19H16N3O3S-. The molecule has 0 saturated carbocycles. The Morgan fingerprint density at radius 3 is 2.65 bits per heavy atom. The van der Waals surface area contributed by atoms with E-state index in [1.165, 1.54) is 12.1 Å². The average molecular weight is 366 g/mol. The van der Waals surface area contributed by atoms with Crippen LogP contribution in [0.5, 0.6) is 0 Å². The van der Waals surface area contributed by atoms with Gasteiger partial charge in [-0.25, -0.2) is 13.4 Å². The van der Waals surface area contributed by atoms with E-state index in [4.69, 9.17) is 0 Å². The van der Waals surface area contributed by atoms with E-state index in [1.54, 1.807) is 48.6 Å². The SMILES string of the molecule is Cc1ccc(S(=O)(=O)Nc2cccc3c2N([O-])C2C=CC=CC2=N3)cc1. The maximum atomic E-state index is 12.9. The lowest BCUT2D eigenvalue weighted by Crippen LogP contribution is -2.38. The number of aliphatic imine (C=N–C) groups is 1. The first-order valence-corrected chi connectivity index (χ1v) is 9.56. The second-order valence-electron chi connectivity index (χ2n) is 6.14. The largest absolute Gasteiger partial charge is 0.757 e. The molecule has 1 atom stereocenters. The van der Waals surface area contributed by atoms with Crippen LogP contribution in [0.25, 0.3) is 0 Å². The molecule has 0 radical (unpaired) electrons. The highest BCUT2D eigenvalue weighted by atomic mass is 32.2. The Hall–Kier alpha value is -2.90. The molecule has 0 amide bonds. The molecule has 132 valence electrons. The van der Waals surface area contributed by atoms with Crippen LogP contribution in [0.4, 0.5) is 17.1 Å². The third-order valence-electron chi connectivity index (χ3n) is 4.29. The molecule has 1 heterocycles. The lowest BCUT2D eigenvalue weighted by atomic mass is 10.0. The average Bonchev–Trinajstić information content (AvgIpc) is 2.62. The molecule has 26 heavy (non-hydrogen) atoms. The number of para-hydroxylation sites is 1. The van der Waals surface area contributed by atoms with E-state index >= 15 is 0 Å². The van der Waals surface area contributed by atoms with Gasteiger partial charge in [-0.3, -0.25) is 4.72 Å². The van der Waals surface area contributed by atoms with Crippen molar-refractivity contribution in [1.82, 2.24) is 0 Å². The Labute approximate surface area is 151 Å². The Balaban J connectivity index is 1.76. The highest BCUT2D eigenvalue weighted by Crippen LogP contribution is 2.41. The topological polar surface area (TPSA) is 84.8 Å². The molecule has 2 aromatic rings. The van der Waals surface area contributed by atoms with Gasteiger partial charge in [0.05, 0.1) is 33.7 Å². The van der Waals surface area contributed by atoms with E-state index in [0.717, 1.165) is 10.6 Å². The van der Waals surface area contributed by atoms with E-state index in [2.05, 4.69) is 9.71 Å². The van der Waals surface area contributed by atoms with Crippen LogP contribution >= 0.6 is 0 Å². The van der Waals surface area contributed by atoms with Crippen molar-refractivity contribution in [2.24, 2.45) is 4.99 Å². The van der Waals surface area contributed by atoms with Crippen LogP contribution in [0.15, 0.2) is 76.7 Å². The minimum absolute atomic E-state index is 0.138. The van der Waals surface area contributed by atoms with Gasteiger partial charge in [-0.2, -0.15) is 0 Å². The van der Waals surface area contributed by atoms with Gasteiger partial charge < -0.3 is 10.3 Å². The van der Waals surface area contributed by atoms with Gasteiger partial charge in [0.25, 0.3) is 10.0 Å². The zero-order valence-electron chi connectivity index (χ0n) is 14.0. The fourth-order valence-corrected chi connectivity index (χ4v) is 4.02. The van der Waals surface area contributed by atoms with E-state index < -0.39 is 16.1 Å². The molecule has 0 spiro atoms. The molecule has 1 unspecified atom stereocenters. The summed E-state index contributed by atoms with van der Waals surface area (Å²) in [4.78, 5) is 4.63. The number of benzene rings is 2. The summed E-state index contributed by atoms with van der Waals surface area (Å²) in [5.74, 6) is 0. The van der Waals surface area contributed by atoms with Crippen LogP contribution in [-0.4, -0.2) is 20.2 Å². The number of nitrogens with one attached hydrogen (secondary N) is 1. The molecule has 0 aromatic heterocycles. The second-order valence-corrected chi connectivity index (χ2v) is 7.83. The number of hydrogen-bond acceptors (Lipinski definition) is 5. The van der Waals surface area contributed by atoms with Gasteiger partial charge in [0.2, 0.25) is 0 Å². The van der Waals surface area contributed by atoms with Crippen molar-refractivity contribution in [2.45, 2.75) is 17.9 Å². The summed E-state index contributed by atoms with van der Waals surface area (Å²) in [6.45, 7) is 1.88. The zero-order valence-corrected chi connectivity index (χ0v) is 14.8. The summed E-state index contributed by atoms with van der Waals surface area (Å²) in [5.41, 5.74) is 2.47. The molecule has 1 aliphatic carbocycles. The molecule has 4 rings (SSSR count). The first-order valence-electron chi connectivity index (χ1n) is 8.08. The number of rotatable bonds is 3. The first-order chi connectivity index (χ1) is 12.5. The number of nitrogens with zero attached hydrogens (tertiary/aromatic N) is 2. The predicted octanol–water partition coefficient (Wildman–Crippen LogP) is 3.68. The van der Waals surface area contributed by atoms with Crippen molar-refractivity contribution in [3.8, 4) is 0 Å². The fourth-order valence-electron chi connectivity index (χ4n) is 2.96. The zero-order chi connectivity index (χ0) is 18.3. The molecule has 1 N–H and O–H groups in total. The normalized spacial score (nSPS) is 18.2. The van der Waals surface area contributed by atoms with Crippen molar-refractivity contribution in [2.75, 3.05) is 9.79 Å². The molecular weight excluding hydrogens is 350 g/mol. The van der Waals surface area contributed by atoms with Crippen LogP contribution in [0.3, 0.4) is 0 Å². The number of hydrogen-bond donors (Lipinski definition) is 1. The highest BCUT2D eigenvalue weighted by molar-refractivity contribution is 7.92. The first kappa shape index (κ1) is 16.6. The van der Waals surface area contributed by atoms with Crippen molar-refractivity contribution >= 4 is 32.8 Å². The molecule has 0 fully saturated rings. The molecule has 1 aliphatic heterocycles. The van der Waals surface area contributed by atoms with Gasteiger partial charge in [-0.05, 0) is 37.3 Å². The minimum atomic E-state index is -3.81. The Morgan fingerprint density at radius 1 is 1.12 bits per heavy atom. The van der Waals surface area contributed by atoms with Crippen molar-refractivity contribution in [3.63, 3.8) is 0 Å². The molecule has 0 saturated heterocycles. The lowest BCUT2D eigenvalue weighted by molar-refractivity contribution is 0.601. The van der Waals surface area contributed by atoms with Crippen LogP contribution in [-0.2, 0) is 10.0 Å². The van der Waals surface area contributed by atoms with Gasteiger partial charge in [-0.15, -0.1) is 0 Å². The monoisotopic (exact) mass is 366 g/mol. The van der Waals surface area contributed by atoms with Gasteiger partial charge in [0, 0.05) is 0 Å². The van der Waals surface area contributed by atoms with Gasteiger partial charge in [0.1, 0.15) is 0 Å². The van der Waals surface area contributed by atoms with Crippen LogP contribution < -0.4 is 9.79 Å². The number of fused-ring (bicyclic) bond motifs is 2. The van der Waals surface area contributed by atoms with E-state index in [0.29, 0.717) is 11.4 Å². The number of aryl methyl sites for hydroxylation is 1. The molecule has 6 nitrogen and oxygen atoms in total. The smallest absolute Gasteiger partial charge is 0.261 e. The van der Waals surface area contributed by atoms with Gasteiger partial charge >= 0.3 is 0 Å². The molecule has 7 heteroatoms. The Bertz CT molecular complexity index is 1050. The molecule has 0 bridgehead atoms. The van der Waals surface area contributed by atoms with Crippen LogP contribution in [0, 0.1) is 12.1 Å². The van der Waals surface area contributed by atoms with E-state index in [9.17, 15) is 13.6 Å². The number of hydroxylamine groups is 1. The number of anilines is 2. The van der Waals surface area contributed by atoms with E-state index in [1.807, 2.05) is 13.0 Å². The third-order valence-corrected chi connectivity index (χ3v) is 5.67. The maximum Gasteiger partial charge on any atom is 0.261 e. The number of sulfonamides is 1. The summed E-state index contributed by atoms with van der Waals surface area (Å²) < 4.78 is 27.9. The van der Waals surface area contributed by atoms with E-state index in [-0.39, 0.29) is 16.3 Å². The quantitative estimate of drug-likeness (QED) is 0.898. The van der Waals surface area contributed by atoms with Gasteiger partial charge in [0.15, 0.2) is 0 Å². The van der Waals surface area contributed by atoms with Gasteiger partial charge in [-0.1, -0.05) is 42.0 Å². The Kier molecular flexibility index (Phi) is 3.90. The molecule has 2 aromatic carbocycles. The van der Waals surface area contributed by atoms with Crippen molar-refractivity contribution in [1.29, 1.82) is 0 Å². The minimum Gasteiger partial charge on any atom is -0.757 e. The highest BCUT2D eigenvalue weighted by Gasteiger charge is 2.26. The van der Waals surface area contributed by atoms with Crippen LogP contribution in [0.1, 0.15) is 5.56 Å². The molecule has 2 aliphatic rings. The summed E-state index contributed by atoms with van der Waals surface area (Å²) >= 11 is 0. The van der Waals surface area contributed by atoms with Crippen molar-refractivity contribution in [3.05, 3.63) is 77.5 Å². The predicted molar refractivity (Wildman–Crippen MR) is 103 cm³/mol. The van der Waals surface area contributed by atoms with Crippen molar-refractivity contribution < 1.29 is 8.42 Å². The second kappa shape index (κ2) is 6.12. The summed E-state index contributed by atoms with van der Waals surface area (Å²) in [6, 6.07) is 10.9. The summed E-state index contributed by atoms with van der Waals surface area (Å²) in [5, 5.41) is 13.7. The van der Waals surface area contributed by atoms with Crippen LogP contribution in [0.2, 0.25) is 0 Å². The number of allylic oxidation sites excluding steroid dienone is 2. The maximum absolute atomic E-state index is 12.9. The lowest BCUT2D eigenvalue weighted by Gasteiger charge is -2.42. The summed E-state index contributed by atoms with van der Waals surface area (Å²) in [7, 11) is -3.81. The Morgan fingerprint density at radius 2 is 1.88 bits per heavy atom. The fraction of sp³-hybridized carbons (Fsp3) is 0.105.